The lowest BCUT2D eigenvalue weighted by molar-refractivity contribution is 0.174. The maximum Gasteiger partial charge on any atom is 0.231 e. The van der Waals surface area contributed by atoms with Crippen LogP contribution >= 0.6 is 23.8 Å². The minimum Gasteiger partial charge on any atom is -0.454 e. The fourth-order valence-corrected chi connectivity index (χ4v) is 2.24. The molecule has 0 amide bonds. The lowest BCUT2D eigenvalue weighted by Gasteiger charge is -2.06. The van der Waals surface area contributed by atoms with Gasteiger partial charge in [-0.3, -0.25) is 5.43 Å². The Kier molecular flexibility index (Phi) is 4.41. The van der Waals surface area contributed by atoms with Gasteiger partial charge in [-0.25, -0.2) is 0 Å². The molecule has 3 rings (SSSR count). The van der Waals surface area contributed by atoms with Crippen molar-refractivity contribution in [2.24, 2.45) is 5.10 Å². The first-order valence-corrected chi connectivity index (χ1v) is 7.24. The predicted molar refractivity (Wildman–Crippen MR) is 91.0 cm³/mol. The molecule has 1 heterocycles. The standard InChI is InChI=1S/C15H12ClN3O2S/c16-11-2-1-3-12(7-11)18-15(22)19-17-8-10-4-5-13-14(6-10)21-9-20-13/h1-8H,9H2,(H2,18,19,22). The largest absolute Gasteiger partial charge is 0.454 e. The number of ether oxygens (including phenoxy) is 2. The van der Waals surface area contributed by atoms with Crippen LogP contribution in [0.2, 0.25) is 5.02 Å². The Morgan fingerprint density at radius 2 is 2.05 bits per heavy atom. The van der Waals surface area contributed by atoms with E-state index in [4.69, 9.17) is 33.3 Å². The van der Waals surface area contributed by atoms with Crippen molar-refractivity contribution in [3.63, 3.8) is 0 Å². The second kappa shape index (κ2) is 6.64. The number of benzene rings is 2. The van der Waals surface area contributed by atoms with E-state index in [1.807, 2.05) is 30.3 Å². The van der Waals surface area contributed by atoms with Gasteiger partial charge in [0.15, 0.2) is 16.6 Å². The summed E-state index contributed by atoms with van der Waals surface area (Å²) < 4.78 is 10.6. The number of rotatable bonds is 3. The van der Waals surface area contributed by atoms with Gasteiger partial charge in [-0.2, -0.15) is 5.10 Å². The van der Waals surface area contributed by atoms with E-state index in [1.165, 1.54) is 0 Å². The van der Waals surface area contributed by atoms with E-state index in [0.29, 0.717) is 15.9 Å². The molecule has 0 radical (unpaired) electrons. The molecule has 1 aliphatic heterocycles. The molecule has 0 bridgehead atoms. The molecular formula is C15H12ClN3O2S. The lowest BCUT2D eigenvalue weighted by Crippen LogP contribution is -2.23. The maximum absolute atomic E-state index is 5.90. The van der Waals surface area contributed by atoms with Crippen LogP contribution in [0.3, 0.4) is 0 Å². The van der Waals surface area contributed by atoms with Gasteiger partial charge in [0.25, 0.3) is 0 Å². The number of thiocarbonyl (C=S) groups is 1. The lowest BCUT2D eigenvalue weighted by atomic mass is 10.2. The molecule has 0 spiro atoms. The summed E-state index contributed by atoms with van der Waals surface area (Å²) in [4.78, 5) is 0. The van der Waals surface area contributed by atoms with Crippen molar-refractivity contribution in [2.75, 3.05) is 12.1 Å². The molecule has 1 aliphatic rings. The first kappa shape index (κ1) is 14.6. The van der Waals surface area contributed by atoms with Crippen molar-refractivity contribution in [3.05, 3.63) is 53.1 Å². The molecule has 0 aliphatic carbocycles. The highest BCUT2D eigenvalue weighted by Gasteiger charge is 2.12. The quantitative estimate of drug-likeness (QED) is 0.512. The molecule has 0 saturated heterocycles. The molecule has 0 saturated carbocycles. The van der Waals surface area contributed by atoms with Gasteiger partial charge in [-0.05, 0) is 54.2 Å². The van der Waals surface area contributed by atoms with E-state index < -0.39 is 0 Å². The van der Waals surface area contributed by atoms with E-state index >= 15 is 0 Å². The van der Waals surface area contributed by atoms with Crippen LogP contribution in [0.5, 0.6) is 11.5 Å². The molecule has 0 fully saturated rings. The van der Waals surface area contributed by atoms with Crippen LogP contribution in [0.15, 0.2) is 47.6 Å². The number of nitrogens with zero attached hydrogens (tertiary/aromatic N) is 1. The van der Waals surface area contributed by atoms with E-state index in [1.54, 1.807) is 18.3 Å². The zero-order chi connectivity index (χ0) is 15.4. The number of hydrogen-bond donors (Lipinski definition) is 2. The summed E-state index contributed by atoms with van der Waals surface area (Å²) in [7, 11) is 0. The van der Waals surface area contributed by atoms with Gasteiger partial charge in [0, 0.05) is 10.7 Å². The molecule has 0 atom stereocenters. The highest BCUT2D eigenvalue weighted by atomic mass is 35.5. The van der Waals surface area contributed by atoms with Crippen LogP contribution in [0.4, 0.5) is 5.69 Å². The highest BCUT2D eigenvalue weighted by Crippen LogP contribution is 2.31. The van der Waals surface area contributed by atoms with Crippen molar-refractivity contribution in [1.82, 2.24) is 5.43 Å². The Labute approximate surface area is 137 Å². The number of halogens is 1. The third-order valence-electron chi connectivity index (χ3n) is 2.86. The summed E-state index contributed by atoms with van der Waals surface area (Å²) in [6, 6.07) is 12.8. The van der Waals surface area contributed by atoms with Crippen molar-refractivity contribution < 1.29 is 9.47 Å². The highest BCUT2D eigenvalue weighted by molar-refractivity contribution is 7.80. The number of hydrazone groups is 1. The summed E-state index contributed by atoms with van der Waals surface area (Å²) in [5.74, 6) is 1.45. The first-order chi connectivity index (χ1) is 10.7. The van der Waals surface area contributed by atoms with Crippen molar-refractivity contribution >= 4 is 40.8 Å². The van der Waals surface area contributed by atoms with E-state index in [0.717, 1.165) is 17.0 Å². The van der Waals surface area contributed by atoms with Gasteiger partial charge in [0.05, 0.1) is 6.21 Å². The first-order valence-electron chi connectivity index (χ1n) is 6.46. The Balaban J connectivity index is 1.56. The van der Waals surface area contributed by atoms with E-state index in [9.17, 15) is 0 Å². The van der Waals surface area contributed by atoms with Gasteiger partial charge < -0.3 is 14.8 Å². The number of fused-ring (bicyclic) bond motifs is 1. The number of nitrogens with one attached hydrogen (secondary N) is 2. The molecule has 0 aromatic heterocycles. The smallest absolute Gasteiger partial charge is 0.231 e. The molecule has 5 nitrogen and oxygen atoms in total. The van der Waals surface area contributed by atoms with Gasteiger partial charge in [-0.15, -0.1) is 0 Å². The molecule has 2 aromatic carbocycles. The molecule has 0 unspecified atom stereocenters. The second-order valence-corrected chi connectivity index (χ2v) is 5.29. The fourth-order valence-electron chi connectivity index (χ4n) is 1.88. The van der Waals surface area contributed by atoms with Gasteiger partial charge >= 0.3 is 0 Å². The van der Waals surface area contributed by atoms with Crippen molar-refractivity contribution in [1.29, 1.82) is 0 Å². The monoisotopic (exact) mass is 333 g/mol. The summed E-state index contributed by atoms with van der Waals surface area (Å²) in [6.45, 7) is 0.252. The molecule has 2 N–H and O–H groups in total. The third kappa shape index (κ3) is 3.66. The summed E-state index contributed by atoms with van der Waals surface area (Å²) in [6.07, 6.45) is 1.65. The molecular weight excluding hydrogens is 322 g/mol. The zero-order valence-corrected chi connectivity index (χ0v) is 12.9. The molecule has 7 heteroatoms. The van der Waals surface area contributed by atoms with Gasteiger partial charge in [0.1, 0.15) is 0 Å². The normalized spacial score (nSPS) is 12.4. The number of hydrogen-bond acceptors (Lipinski definition) is 4. The van der Waals surface area contributed by atoms with E-state index in [-0.39, 0.29) is 6.79 Å². The van der Waals surface area contributed by atoms with Crippen LogP contribution < -0.4 is 20.2 Å². The topological polar surface area (TPSA) is 54.9 Å². The molecule has 22 heavy (non-hydrogen) atoms. The van der Waals surface area contributed by atoms with Crippen LogP contribution in [-0.2, 0) is 0 Å². The average Bonchev–Trinajstić information content (AvgIpc) is 2.95. The minimum absolute atomic E-state index is 0.252. The summed E-state index contributed by atoms with van der Waals surface area (Å²) in [5, 5.41) is 8.08. The van der Waals surface area contributed by atoms with Crippen LogP contribution in [-0.4, -0.2) is 18.1 Å². The SMILES string of the molecule is S=C(NN=Cc1ccc2c(c1)OCO2)Nc1cccc(Cl)c1. The Hall–Kier alpha value is -2.31. The molecule has 2 aromatic rings. The van der Waals surface area contributed by atoms with Gasteiger partial charge in [-0.1, -0.05) is 17.7 Å². The zero-order valence-electron chi connectivity index (χ0n) is 11.4. The maximum atomic E-state index is 5.90. The Morgan fingerprint density at radius 3 is 2.91 bits per heavy atom. The fraction of sp³-hybridized carbons (Fsp3) is 0.0667. The Morgan fingerprint density at radius 1 is 1.18 bits per heavy atom. The Bertz CT molecular complexity index is 736. The second-order valence-electron chi connectivity index (χ2n) is 4.45. The average molecular weight is 334 g/mol. The van der Waals surface area contributed by atoms with Gasteiger partial charge in [0.2, 0.25) is 6.79 Å². The number of anilines is 1. The van der Waals surface area contributed by atoms with E-state index in [2.05, 4.69) is 15.8 Å². The van der Waals surface area contributed by atoms with Crippen LogP contribution in [0, 0.1) is 0 Å². The third-order valence-corrected chi connectivity index (χ3v) is 3.29. The molecule has 112 valence electrons. The summed E-state index contributed by atoms with van der Waals surface area (Å²) >= 11 is 11.1. The van der Waals surface area contributed by atoms with Crippen LogP contribution in [0.1, 0.15) is 5.56 Å². The van der Waals surface area contributed by atoms with Crippen molar-refractivity contribution in [3.8, 4) is 11.5 Å². The van der Waals surface area contributed by atoms with Crippen LogP contribution in [0.25, 0.3) is 0 Å². The summed E-state index contributed by atoms with van der Waals surface area (Å²) in [5.41, 5.74) is 4.41. The van der Waals surface area contributed by atoms with Crippen molar-refractivity contribution in [2.45, 2.75) is 0 Å². The minimum atomic E-state index is 0.252. The predicted octanol–water partition coefficient (Wildman–Crippen LogP) is 3.39.